The summed E-state index contributed by atoms with van der Waals surface area (Å²) in [5.74, 6) is 2.41. The number of ether oxygens (including phenoxy) is 1. The zero-order chi connectivity index (χ0) is 21.6. The van der Waals surface area contributed by atoms with E-state index in [1.165, 1.54) is 37.3 Å². The molecule has 0 radical (unpaired) electrons. The summed E-state index contributed by atoms with van der Waals surface area (Å²) in [6.45, 7) is 6.38. The van der Waals surface area contributed by atoms with Crippen LogP contribution < -0.4 is 10.1 Å². The number of carbonyl (C=O) groups excluding carboxylic acids is 1. The van der Waals surface area contributed by atoms with Gasteiger partial charge in [0.05, 0.1) is 16.9 Å². The Hall–Kier alpha value is -2.71. The van der Waals surface area contributed by atoms with Crippen LogP contribution in [0.5, 0.6) is 5.75 Å². The maximum absolute atomic E-state index is 12.5. The fraction of sp³-hybridized carbons (Fsp3) is 0.435. The molecule has 0 bridgehead atoms. The summed E-state index contributed by atoms with van der Waals surface area (Å²) in [7, 11) is 1.62. The molecule has 8 heteroatoms. The van der Waals surface area contributed by atoms with Crippen LogP contribution in [0.15, 0.2) is 40.9 Å². The molecule has 0 unspecified atom stereocenters. The third kappa shape index (κ3) is 5.51. The van der Waals surface area contributed by atoms with Crippen LogP contribution in [-0.2, 0) is 0 Å². The molecular weight excluding hydrogens is 412 g/mol. The molecule has 164 valence electrons. The molecule has 1 aliphatic heterocycles. The van der Waals surface area contributed by atoms with Gasteiger partial charge in [-0.3, -0.25) is 4.79 Å². The highest BCUT2D eigenvalue weighted by molar-refractivity contribution is 7.17. The van der Waals surface area contributed by atoms with Crippen LogP contribution in [0.1, 0.15) is 35.9 Å². The standard InChI is InChI=1S/C23H28N4O3S/c1-16-5-3-13-27(15-16)14-4-12-24-22(28)20-11-10-19(31-20)21-25-23(30-26-21)17-6-8-18(29-2)9-7-17/h6-11,16H,3-5,12-15H2,1-2H3,(H,24,28)/t16-/m1/s1. The summed E-state index contributed by atoms with van der Waals surface area (Å²) < 4.78 is 10.6. The van der Waals surface area contributed by atoms with Crippen molar-refractivity contribution in [3.63, 3.8) is 0 Å². The Morgan fingerprint density at radius 1 is 1.29 bits per heavy atom. The van der Waals surface area contributed by atoms with E-state index in [4.69, 9.17) is 9.26 Å². The number of thiophene rings is 1. The number of hydrogen-bond donors (Lipinski definition) is 1. The summed E-state index contributed by atoms with van der Waals surface area (Å²) in [5, 5.41) is 7.09. The van der Waals surface area contributed by atoms with Crippen LogP contribution in [0.4, 0.5) is 0 Å². The van der Waals surface area contributed by atoms with E-state index in [2.05, 4.69) is 27.3 Å². The molecule has 1 atom stereocenters. The van der Waals surface area contributed by atoms with Gasteiger partial charge in [0.25, 0.3) is 11.8 Å². The minimum atomic E-state index is -0.0536. The van der Waals surface area contributed by atoms with Gasteiger partial charge in [0.15, 0.2) is 0 Å². The number of likely N-dealkylation sites (tertiary alicyclic amines) is 1. The number of amides is 1. The first-order valence-corrected chi connectivity index (χ1v) is 11.5. The number of nitrogens with zero attached hydrogens (tertiary/aromatic N) is 3. The van der Waals surface area contributed by atoms with Crippen LogP contribution in [-0.4, -0.2) is 54.2 Å². The molecule has 1 N–H and O–H groups in total. The molecule has 0 saturated carbocycles. The minimum Gasteiger partial charge on any atom is -0.497 e. The van der Waals surface area contributed by atoms with Crippen LogP contribution in [0, 0.1) is 5.92 Å². The van der Waals surface area contributed by atoms with Crippen molar-refractivity contribution in [1.82, 2.24) is 20.4 Å². The van der Waals surface area contributed by atoms with E-state index in [1.807, 2.05) is 36.4 Å². The van der Waals surface area contributed by atoms with Crippen molar-refractivity contribution >= 4 is 17.2 Å². The average molecular weight is 441 g/mol. The lowest BCUT2D eigenvalue weighted by molar-refractivity contribution is 0.0954. The molecule has 0 spiro atoms. The second-order valence-corrected chi connectivity index (χ2v) is 9.06. The lowest BCUT2D eigenvalue weighted by Crippen LogP contribution is -2.36. The molecule has 1 amide bonds. The predicted molar refractivity (Wildman–Crippen MR) is 121 cm³/mol. The normalized spacial score (nSPS) is 16.9. The number of aromatic nitrogens is 2. The van der Waals surface area contributed by atoms with Gasteiger partial charge in [-0.2, -0.15) is 4.98 Å². The van der Waals surface area contributed by atoms with Gasteiger partial charge in [-0.05, 0) is 74.7 Å². The highest BCUT2D eigenvalue weighted by Gasteiger charge is 2.17. The van der Waals surface area contributed by atoms with Gasteiger partial charge in [0.1, 0.15) is 5.75 Å². The largest absolute Gasteiger partial charge is 0.497 e. The fourth-order valence-electron chi connectivity index (χ4n) is 3.84. The zero-order valence-corrected chi connectivity index (χ0v) is 18.8. The molecule has 2 aromatic heterocycles. The molecule has 1 fully saturated rings. The Labute approximate surface area is 186 Å². The number of piperidine rings is 1. The third-order valence-electron chi connectivity index (χ3n) is 5.49. The van der Waals surface area contributed by atoms with Crippen LogP contribution in [0.2, 0.25) is 0 Å². The van der Waals surface area contributed by atoms with Crippen LogP contribution in [0.3, 0.4) is 0 Å². The van der Waals surface area contributed by atoms with Crippen molar-refractivity contribution in [2.45, 2.75) is 26.2 Å². The number of methoxy groups -OCH3 is 1. The first-order valence-electron chi connectivity index (χ1n) is 10.7. The Bertz CT molecular complexity index is 998. The van der Waals surface area contributed by atoms with E-state index in [-0.39, 0.29) is 5.91 Å². The quantitative estimate of drug-likeness (QED) is 0.525. The first kappa shape index (κ1) is 21.5. The summed E-state index contributed by atoms with van der Waals surface area (Å²) in [5.41, 5.74) is 0.817. The maximum atomic E-state index is 12.5. The smallest absolute Gasteiger partial charge is 0.261 e. The van der Waals surface area contributed by atoms with Crippen molar-refractivity contribution in [2.24, 2.45) is 5.92 Å². The van der Waals surface area contributed by atoms with Crippen molar-refractivity contribution in [1.29, 1.82) is 0 Å². The Morgan fingerprint density at radius 3 is 2.90 bits per heavy atom. The van der Waals surface area contributed by atoms with E-state index in [0.29, 0.717) is 23.1 Å². The predicted octanol–water partition coefficient (Wildman–Crippen LogP) is 4.33. The highest BCUT2D eigenvalue weighted by atomic mass is 32.1. The van der Waals surface area contributed by atoms with Gasteiger partial charge >= 0.3 is 0 Å². The third-order valence-corrected chi connectivity index (χ3v) is 6.57. The number of carbonyl (C=O) groups is 1. The maximum Gasteiger partial charge on any atom is 0.261 e. The molecule has 3 aromatic rings. The molecule has 7 nitrogen and oxygen atoms in total. The topological polar surface area (TPSA) is 80.5 Å². The molecule has 1 saturated heterocycles. The molecular formula is C23H28N4O3S. The second kappa shape index (κ2) is 10.1. The Morgan fingerprint density at radius 2 is 2.13 bits per heavy atom. The summed E-state index contributed by atoms with van der Waals surface area (Å²) in [6.07, 6.45) is 3.57. The van der Waals surface area contributed by atoms with Gasteiger partial charge in [0, 0.05) is 18.7 Å². The van der Waals surface area contributed by atoms with E-state index in [0.717, 1.165) is 35.1 Å². The molecule has 31 heavy (non-hydrogen) atoms. The number of benzene rings is 1. The van der Waals surface area contributed by atoms with Gasteiger partial charge in [0.2, 0.25) is 5.82 Å². The molecule has 4 rings (SSSR count). The summed E-state index contributed by atoms with van der Waals surface area (Å²) >= 11 is 1.37. The highest BCUT2D eigenvalue weighted by Crippen LogP contribution is 2.28. The zero-order valence-electron chi connectivity index (χ0n) is 18.0. The summed E-state index contributed by atoms with van der Waals surface area (Å²) in [4.78, 5) is 20.9. The first-order chi connectivity index (χ1) is 15.1. The van der Waals surface area contributed by atoms with E-state index in [1.54, 1.807) is 7.11 Å². The Kier molecular flexibility index (Phi) is 6.99. The average Bonchev–Trinajstić information content (AvgIpc) is 3.47. The summed E-state index contributed by atoms with van der Waals surface area (Å²) in [6, 6.07) is 11.1. The molecule has 1 aromatic carbocycles. The van der Waals surface area contributed by atoms with E-state index < -0.39 is 0 Å². The van der Waals surface area contributed by atoms with Crippen molar-refractivity contribution < 1.29 is 14.1 Å². The van der Waals surface area contributed by atoms with Gasteiger partial charge in [-0.1, -0.05) is 12.1 Å². The number of rotatable bonds is 8. The van der Waals surface area contributed by atoms with Crippen LogP contribution in [0.25, 0.3) is 22.2 Å². The lowest BCUT2D eigenvalue weighted by Gasteiger charge is -2.30. The van der Waals surface area contributed by atoms with Crippen molar-refractivity contribution in [3.8, 4) is 27.9 Å². The molecule has 3 heterocycles. The van der Waals surface area contributed by atoms with E-state index >= 15 is 0 Å². The monoisotopic (exact) mass is 440 g/mol. The Balaban J connectivity index is 1.29. The molecule has 0 aliphatic carbocycles. The van der Waals surface area contributed by atoms with Crippen LogP contribution >= 0.6 is 11.3 Å². The minimum absolute atomic E-state index is 0.0536. The van der Waals surface area contributed by atoms with Crippen molar-refractivity contribution in [3.05, 3.63) is 41.3 Å². The SMILES string of the molecule is COc1ccc(-c2nc(-c3ccc(C(=O)NCCCN4CCC[C@@H](C)C4)s3)no2)cc1. The van der Waals surface area contributed by atoms with E-state index in [9.17, 15) is 4.79 Å². The fourth-order valence-corrected chi connectivity index (χ4v) is 4.68. The van der Waals surface area contributed by atoms with Gasteiger partial charge in [-0.15, -0.1) is 11.3 Å². The second-order valence-electron chi connectivity index (χ2n) is 7.97. The number of nitrogens with one attached hydrogen (secondary N) is 1. The van der Waals surface area contributed by atoms with Gasteiger partial charge in [-0.25, -0.2) is 0 Å². The van der Waals surface area contributed by atoms with Crippen molar-refractivity contribution in [2.75, 3.05) is 33.3 Å². The lowest BCUT2D eigenvalue weighted by atomic mass is 10.0. The van der Waals surface area contributed by atoms with Gasteiger partial charge < -0.3 is 19.5 Å². The molecule has 1 aliphatic rings. The number of hydrogen-bond acceptors (Lipinski definition) is 7.